The summed E-state index contributed by atoms with van der Waals surface area (Å²) in [4.78, 5) is 24.9. The van der Waals surface area contributed by atoms with Gasteiger partial charge in [-0.15, -0.1) is 0 Å². The molecule has 22 heavy (non-hydrogen) atoms. The number of likely N-dealkylation sites (tertiary alicyclic amines) is 1. The molecule has 0 aromatic heterocycles. The molecular formula is C15H18BrClN2O3. The molecule has 2 rings (SSSR count). The molecule has 1 fully saturated rings. The second kappa shape index (κ2) is 7.83. The number of rotatable bonds is 4. The molecule has 0 atom stereocenters. The van der Waals surface area contributed by atoms with Crippen molar-refractivity contribution in [2.75, 3.05) is 19.7 Å². The van der Waals surface area contributed by atoms with E-state index in [9.17, 15) is 9.59 Å². The van der Waals surface area contributed by atoms with Crippen LogP contribution < -0.4 is 10.1 Å². The Labute approximate surface area is 143 Å². The third-order valence-electron chi connectivity index (χ3n) is 3.56. The van der Waals surface area contributed by atoms with Crippen LogP contribution in [-0.4, -0.2) is 42.5 Å². The predicted octanol–water partition coefficient (Wildman–Crippen LogP) is 2.61. The lowest BCUT2D eigenvalue weighted by atomic mass is 10.1. The molecule has 0 bridgehead atoms. The zero-order valence-electron chi connectivity index (χ0n) is 12.3. The average molecular weight is 390 g/mol. The highest BCUT2D eigenvalue weighted by Gasteiger charge is 2.22. The van der Waals surface area contributed by atoms with Crippen molar-refractivity contribution >= 4 is 39.3 Å². The SMILES string of the molecule is CC(=O)N1CCC(NC(=O)COc2ccc(Br)cc2Cl)CC1. The first kappa shape index (κ1) is 17.1. The summed E-state index contributed by atoms with van der Waals surface area (Å²) in [7, 11) is 0. The standard InChI is InChI=1S/C15H18BrClN2O3/c1-10(20)19-6-4-12(5-7-19)18-15(21)9-22-14-3-2-11(16)8-13(14)17/h2-3,8,12H,4-7,9H2,1H3,(H,18,21). The first-order chi connectivity index (χ1) is 10.5. The molecule has 1 aromatic carbocycles. The quantitative estimate of drug-likeness (QED) is 0.861. The van der Waals surface area contributed by atoms with Crippen LogP contribution in [0, 0.1) is 0 Å². The first-order valence-electron chi connectivity index (χ1n) is 7.08. The first-order valence-corrected chi connectivity index (χ1v) is 8.25. The Balaban J connectivity index is 1.75. The number of benzene rings is 1. The Morgan fingerprint density at radius 2 is 2.09 bits per heavy atom. The number of piperidine rings is 1. The third kappa shape index (κ3) is 4.88. The van der Waals surface area contributed by atoms with E-state index in [0.29, 0.717) is 23.9 Å². The summed E-state index contributed by atoms with van der Waals surface area (Å²) in [6, 6.07) is 5.32. The molecule has 1 N–H and O–H groups in total. The molecule has 2 amide bonds. The van der Waals surface area contributed by atoms with E-state index in [-0.39, 0.29) is 24.5 Å². The van der Waals surface area contributed by atoms with Crippen LogP contribution in [0.4, 0.5) is 0 Å². The van der Waals surface area contributed by atoms with Gasteiger partial charge in [0.1, 0.15) is 5.75 Å². The van der Waals surface area contributed by atoms with Crippen LogP contribution in [-0.2, 0) is 9.59 Å². The van der Waals surface area contributed by atoms with Crippen molar-refractivity contribution < 1.29 is 14.3 Å². The zero-order chi connectivity index (χ0) is 16.1. The highest BCUT2D eigenvalue weighted by molar-refractivity contribution is 9.10. The Morgan fingerprint density at radius 1 is 1.41 bits per heavy atom. The average Bonchev–Trinajstić information content (AvgIpc) is 2.47. The lowest BCUT2D eigenvalue weighted by Crippen LogP contribution is -2.47. The van der Waals surface area contributed by atoms with E-state index in [1.807, 2.05) is 0 Å². The zero-order valence-corrected chi connectivity index (χ0v) is 14.6. The molecular weight excluding hydrogens is 372 g/mol. The van der Waals surface area contributed by atoms with Gasteiger partial charge in [0.25, 0.3) is 5.91 Å². The van der Waals surface area contributed by atoms with Crippen LogP contribution in [0.3, 0.4) is 0 Å². The Morgan fingerprint density at radius 3 is 2.68 bits per heavy atom. The molecule has 0 saturated carbocycles. The number of halogens is 2. The fourth-order valence-electron chi connectivity index (χ4n) is 2.34. The lowest BCUT2D eigenvalue weighted by Gasteiger charge is -2.31. The van der Waals surface area contributed by atoms with E-state index in [1.54, 1.807) is 30.0 Å². The Bertz CT molecular complexity index is 560. The minimum Gasteiger partial charge on any atom is -0.482 e. The molecule has 7 heteroatoms. The minimum absolute atomic E-state index is 0.0751. The fourth-order valence-corrected chi connectivity index (χ4v) is 3.07. The summed E-state index contributed by atoms with van der Waals surface area (Å²) >= 11 is 9.34. The van der Waals surface area contributed by atoms with E-state index < -0.39 is 0 Å². The van der Waals surface area contributed by atoms with Gasteiger partial charge in [-0.05, 0) is 31.0 Å². The number of carbonyl (C=O) groups excluding carboxylic acids is 2. The van der Waals surface area contributed by atoms with Crippen molar-refractivity contribution in [1.29, 1.82) is 0 Å². The molecule has 5 nitrogen and oxygen atoms in total. The van der Waals surface area contributed by atoms with Gasteiger partial charge in [-0.25, -0.2) is 0 Å². The second-order valence-corrected chi connectivity index (χ2v) is 6.53. The maximum absolute atomic E-state index is 11.9. The molecule has 120 valence electrons. The Kier molecular flexibility index (Phi) is 6.08. The van der Waals surface area contributed by atoms with Gasteiger partial charge < -0.3 is 15.0 Å². The molecule has 0 radical (unpaired) electrons. The largest absolute Gasteiger partial charge is 0.482 e. The summed E-state index contributed by atoms with van der Waals surface area (Å²) in [5.74, 6) is 0.379. The second-order valence-electron chi connectivity index (χ2n) is 5.21. The number of carbonyl (C=O) groups is 2. The van der Waals surface area contributed by atoms with Crippen LogP contribution in [0.1, 0.15) is 19.8 Å². The van der Waals surface area contributed by atoms with Gasteiger partial charge >= 0.3 is 0 Å². The number of nitrogens with zero attached hydrogens (tertiary/aromatic N) is 1. The summed E-state index contributed by atoms with van der Waals surface area (Å²) in [6.07, 6.45) is 1.54. The van der Waals surface area contributed by atoms with Crippen molar-refractivity contribution in [3.8, 4) is 5.75 Å². The van der Waals surface area contributed by atoms with E-state index in [1.165, 1.54) is 0 Å². The number of hydrogen-bond donors (Lipinski definition) is 1. The molecule has 1 heterocycles. The van der Waals surface area contributed by atoms with Crippen LogP contribution in [0.5, 0.6) is 5.75 Å². The van der Waals surface area contributed by atoms with Crippen molar-refractivity contribution in [2.24, 2.45) is 0 Å². The van der Waals surface area contributed by atoms with E-state index in [2.05, 4.69) is 21.2 Å². The molecule has 1 aliphatic heterocycles. The van der Waals surface area contributed by atoms with E-state index in [0.717, 1.165) is 17.3 Å². The van der Waals surface area contributed by atoms with Gasteiger partial charge in [-0.3, -0.25) is 9.59 Å². The maximum Gasteiger partial charge on any atom is 0.258 e. The number of hydrogen-bond acceptors (Lipinski definition) is 3. The smallest absolute Gasteiger partial charge is 0.258 e. The van der Waals surface area contributed by atoms with Gasteiger partial charge in [0.15, 0.2) is 6.61 Å². The fraction of sp³-hybridized carbons (Fsp3) is 0.467. The number of ether oxygens (including phenoxy) is 1. The predicted molar refractivity (Wildman–Crippen MR) is 88.1 cm³/mol. The summed E-state index contributed by atoms with van der Waals surface area (Å²) < 4.78 is 6.28. The van der Waals surface area contributed by atoms with Gasteiger partial charge in [-0.1, -0.05) is 27.5 Å². The van der Waals surface area contributed by atoms with Crippen molar-refractivity contribution in [3.63, 3.8) is 0 Å². The summed E-state index contributed by atoms with van der Waals surface area (Å²) in [5.41, 5.74) is 0. The van der Waals surface area contributed by atoms with Gasteiger partial charge in [-0.2, -0.15) is 0 Å². The third-order valence-corrected chi connectivity index (χ3v) is 4.35. The molecule has 1 aliphatic rings. The van der Waals surface area contributed by atoms with Crippen LogP contribution in [0.2, 0.25) is 5.02 Å². The van der Waals surface area contributed by atoms with Crippen LogP contribution in [0.25, 0.3) is 0 Å². The molecule has 0 aliphatic carbocycles. The van der Waals surface area contributed by atoms with Crippen molar-refractivity contribution in [2.45, 2.75) is 25.8 Å². The van der Waals surface area contributed by atoms with E-state index in [4.69, 9.17) is 16.3 Å². The van der Waals surface area contributed by atoms with Crippen molar-refractivity contribution in [3.05, 3.63) is 27.7 Å². The number of amides is 2. The van der Waals surface area contributed by atoms with Gasteiger partial charge in [0.05, 0.1) is 5.02 Å². The monoisotopic (exact) mass is 388 g/mol. The van der Waals surface area contributed by atoms with Crippen LogP contribution >= 0.6 is 27.5 Å². The normalized spacial score (nSPS) is 15.5. The minimum atomic E-state index is -0.180. The molecule has 1 saturated heterocycles. The van der Waals surface area contributed by atoms with Gasteiger partial charge in [0, 0.05) is 30.5 Å². The lowest BCUT2D eigenvalue weighted by molar-refractivity contribution is -0.130. The highest BCUT2D eigenvalue weighted by atomic mass is 79.9. The van der Waals surface area contributed by atoms with Gasteiger partial charge in [0.2, 0.25) is 5.91 Å². The summed E-state index contributed by atoms with van der Waals surface area (Å²) in [5, 5.41) is 3.38. The molecule has 0 spiro atoms. The molecule has 1 aromatic rings. The van der Waals surface area contributed by atoms with Crippen molar-refractivity contribution in [1.82, 2.24) is 10.2 Å². The maximum atomic E-state index is 11.9. The summed E-state index contributed by atoms with van der Waals surface area (Å²) in [6.45, 7) is 2.85. The number of nitrogens with one attached hydrogen (secondary N) is 1. The molecule has 0 unspecified atom stereocenters. The van der Waals surface area contributed by atoms with E-state index >= 15 is 0 Å². The van der Waals surface area contributed by atoms with Crippen LogP contribution in [0.15, 0.2) is 22.7 Å². The Hall–Kier alpha value is -1.27. The topological polar surface area (TPSA) is 58.6 Å². The highest BCUT2D eigenvalue weighted by Crippen LogP contribution is 2.27.